The average Bonchev–Trinajstić information content (AvgIpc) is 2.88. The van der Waals surface area contributed by atoms with Crippen LogP contribution < -0.4 is 10.1 Å². The Kier molecular flexibility index (Phi) is 10.3. The van der Waals surface area contributed by atoms with Crippen molar-refractivity contribution in [2.45, 2.75) is 76.9 Å². The minimum absolute atomic E-state index is 0.0376. The normalized spacial score (nSPS) is 14.3. The Morgan fingerprint density at radius 1 is 1.07 bits per heavy atom. The van der Waals surface area contributed by atoms with Crippen LogP contribution in [0.25, 0.3) is 0 Å². The molecule has 1 aromatic carbocycles. The predicted octanol–water partition coefficient (Wildman–Crippen LogP) is 7.08. The minimum atomic E-state index is -4.94. The second kappa shape index (κ2) is 12.9. The van der Waals surface area contributed by atoms with Crippen LogP contribution in [0.1, 0.15) is 55.0 Å². The van der Waals surface area contributed by atoms with E-state index < -0.39 is 70.8 Å². The quantitative estimate of drug-likeness (QED) is 0.153. The maximum Gasteiger partial charge on any atom is 0.435 e. The van der Waals surface area contributed by atoms with Gasteiger partial charge in [-0.05, 0) is 74.8 Å². The number of anilines is 1. The number of carbonyl (C=O) groups excluding carboxylic acids is 2. The van der Waals surface area contributed by atoms with Gasteiger partial charge in [-0.1, -0.05) is 26.8 Å². The number of ether oxygens (including phenoxy) is 1. The lowest BCUT2D eigenvalue weighted by Crippen LogP contribution is -2.45. The molecule has 0 spiro atoms. The third-order valence-electron chi connectivity index (χ3n) is 7.31. The number of halogens is 4. The van der Waals surface area contributed by atoms with Crippen molar-refractivity contribution in [2.75, 3.05) is 11.6 Å². The number of aromatic nitrogens is 3. The van der Waals surface area contributed by atoms with E-state index in [0.29, 0.717) is 0 Å². The summed E-state index contributed by atoms with van der Waals surface area (Å²) in [6.45, 7) is 14.0. The summed E-state index contributed by atoms with van der Waals surface area (Å²) in [6, 6.07) is 7.72. The lowest BCUT2D eigenvalue weighted by atomic mass is 10.1. The predicted molar refractivity (Wildman–Crippen MR) is 163 cm³/mol. The molecule has 2 heterocycles. The number of rotatable bonds is 8. The summed E-state index contributed by atoms with van der Waals surface area (Å²) in [7, 11) is -5.67. The summed E-state index contributed by atoms with van der Waals surface area (Å²) in [5, 5.41) is 8.98. The molecule has 1 N–H and O–H groups in total. The zero-order valence-corrected chi connectivity index (χ0v) is 28.1. The Hall–Kier alpha value is -3.76. The van der Waals surface area contributed by atoms with E-state index in [1.54, 1.807) is 6.92 Å². The van der Waals surface area contributed by atoms with Gasteiger partial charge in [0.15, 0.2) is 19.8 Å². The maximum atomic E-state index is 13.7. The number of carbonyl (C=O) groups is 2. The highest BCUT2D eigenvalue weighted by atomic mass is 32.2. The highest BCUT2D eigenvalue weighted by Crippen LogP contribution is 2.38. The molecule has 0 aliphatic rings. The van der Waals surface area contributed by atoms with E-state index in [1.807, 2.05) is 33.9 Å². The molecule has 45 heavy (non-hydrogen) atoms. The molecule has 2 atom stereocenters. The number of nitrogens with one attached hydrogen (secondary N) is 1. The fraction of sp³-hybridized carbons (Fsp3) is 0.414. The zero-order chi connectivity index (χ0) is 34.1. The van der Waals surface area contributed by atoms with Crippen molar-refractivity contribution < 1.29 is 40.5 Å². The number of hydrogen-bond donors (Lipinski definition) is 1. The summed E-state index contributed by atoms with van der Waals surface area (Å²) in [5.41, 5.74) is -2.50. The van der Waals surface area contributed by atoms with Crippen LogP contribution in [-0.4, -0.2) is 51.9 Å². The fourth-order valence-electron chi connectivity index (χ4n) is 3.81. The molecule has 3 rings (SSSR count). The van der Waals surface area contributed by atoms with E-state index in [9.17, 15) is 31.4 Å². The number of nitrogens with zero attached hydrogens (tertiary/aromatic N) is 4. The van der Waals surface area contributed by atoms with Crippen LogP contribution in [0.5, 0.6) is 11.6 Å². The van der Waals surface area contributed by atoms with E-state index in [0.717, 1.165) is 13.0 Å². The van der Waals surface area contributed by atoms with Crippen LogP contribution in [0.4, 0.5) is 23.2 Å². The van der Waals surface area contributed by atoms with Crippen molar-refractivity contribution in [3.63, 3.8) is 0 Å². The first-order valence-electron chi connectivity index (χ1n) is 13.6. The number of pyridine rings is 1. The van der Waals surface area contributed by atoms with Gasteiger partial charge in [0, 0.05) is 16.8 Å². The van der Waals surface area contributed by atoms with Crippen LogP contribution in [0.3, 0.4) is 0 Å². The first-order valence-corrected chi connectivity index (χ1v) is 18.5. The summed E-state index contributed by atoms with van der Waals surface area (Å²) in [6.07, 6.45) is -4.63. The number of aryl methyl sites for hydroxylation is 1. The molecule has 0 aliphatic heterocycles. The van der Waals surface area contributed by atoms with Crippen molar-refractivity contribution in [2.24, 2.45) is 4.36 Å². The molecule has 0 saturated carbocycles. The molecule has 0 aliphatic carbocycles. The van der Waals surface area contributed by atoms with Gasteiger partial charge in [0.1, 0.15) is 11.7 Å². The Balaban J connectivity index is 1.97. The van der Waals surface area contributed by atoms with E-state index in [4.69, 9.17) is 9.16 Å². The maximum absolute atomic E-state index is 13.7. The second-order valence-electron chi connectivity index (χ2n) is 11.9. The smallest absolute Gasteiger partial charge is 0.435 e. The fourth-order valence-corrected chi connectivity index (χ4v) is 6.42. The van der Waals surface area contributed by atoms with Crippen LogP contribution in [0.15, 0.2) is 45.7 Å². The molecule has 0 fully saturated rings. The van der Waals surface area contributed by atoms with E-state index in [1.165, 1.54) is 43.5 Å². The first kappa shape index (κ1) is 35.7. The molecule has 0 bridgehead atoms. The largest absolute Gasteiger partial charge is 0.435 e. The number of hydrogen-bond acceptors (Lipinski definition) is 8. The van der Waals surface area contributed by atoms with Gasteiger partial charge >= 0.3 is 6.18 Å². The van der Waals surface area contributed by atoms with E-state index in [2.05, 4.69) is 24.9 Å². The van der Waals surface area contributed by atoms with Gasteiger partial charge in [-0.25, -0.2) is 9.19 Å². The first-order chi connectivity index (χ1) is 20.5. The van der Waals surface area contributed by atoms with Gasteiger partial charge < -0.3 is 14.5 Å². The van der Waals surface area contributed by atoms with Crippen LogP contribution in [0, 0.1) is 19.8 Å². The standard InChI is InChI=1S/C29H35F4N5O5SSi/c1-16-23(27(37-36-24(16)29(31,32)33)42-21-13-14-22(30)34-17(21)2)26(40)35-19-11-10-12-20(15-19)44(7,41)38-25(39)18(3)43-45(8,9)28(4,5)6/h10-15,18H,1-9H3,(H,35,40)/t18-,44+/m0/s1. The van der Waals surface area contributed by atoms with Crippen molar-refractivity contribution in [1.82, 2.24) is 15.2 Å². The summed E-state index contributed by atoms with van der Waals surface area (Å²) >= 11 is 0. The molecule has 0 saturated heterocycles. The summed E-state index contributed by atoms with van der Waals surface area (Å²) < 4.78 is 83.6. The van der Waals surface area contributed by atoms with Gasteiger partial charge in [0.25, 0.3) is 17.7 Å². The molecular weight excluding hydrogens is 634 g/mol. The van der Waals surface area contributed by atoms with Gasteiger partial charge in [-0.2, -0.15) is 21.9 Å². The van der Waals surface area contributed by atoms with Crippen LogP contribution in [-0.2, 0) is 25.1 Å². The Morgan fingerprint density at radius 2 is 1.71 bits per heavy atom. The third kappa shape index (κ3) is 8.49. The lowest BCUT2D eigenvalue weighted by molar-refractivity contribution is -0.142. The molecular formula is C29H35F4N5O5SSi. The monoisotopic (exact) mass is 669 g/mol. The Morgan fingerprint density at radius 3 is 2.29 bits per heavy atom. The number of alkyl halides is 3. The van der Waals surface area contributed by atoms with Gasteiger partial charge in [-0.3, -0.25) is 9.59 Å². The highest BCUT2D eigenvalue weighted by Gasteiger charge is 2.40. The molecule has 16 heteroatoms. The second-order valence-corrected chi connectivity index (χ2v) is 18.9. The van der Waals surface area contributed by atoms with E-state index in [-0.39, 0.29) is 27.1 Å². The molecule has 2 amide bonds. The Bertz CT molecular complexity index is 1750. The van der Waals surface area contributed by atoms with Crippen LogP contribution >= 0.6 is 0 Å². The lowest BCUT2D eigenvalue weighted by Gasteiger charge is -2.37. The topological polar surface area (TPSA) is 133 Å². The van der Waals surface area contributed by atoms with Crippen molar-refractivity contribution in [3.05, 3.63) is 64.9 Å². The third-order valence-corrected chi connectivity index (χ3v) is 13.5. The van der Waals surface area contributed by atoms with Crippen LogP contribution in [0.2, 0.25) is 18.1 Å². The zero-order valence-electron chi connectivity index (χ0n) is 26.3. The summed E-state index contributed by atoms with van der Waals surface area (Å²) in [5.74, 6) is -3.23. The SMILES string of the molecule is Cc1nc(F)ccc1Oc1nnc(C(F)(F)F)c(C)c1C(=O)Nc1cccc([S@@](C)(=O)=NC(=O)[C@H](C)O[Si](C)(C)C(C)(C)C)c1. The van der Waals surface area contributed by atoms with Gasteiger partial charge in [-0.15, -0.1) is 10.2 Å². The Labute approximate surface area is 260 Å². The highest BCUT2D eigenvalue weighted by molar-refractivity contribution is 7.93. The minimum Gasteiger partial charge on any atom is -0.435 e. The molecule has 2 aromatic heterocycles. The molecule has 0 radical (unpaired) electrons. The molecule has 10 nitrogen and oxygen atoms in total. The molecule has 244 valence electrons. The number of amides is 2. The summed E-state index contributed by atoms with van der Waals surface area (Å²) in [4.78, 5) is 30.0. The average molecular weight is 670 g/mol. The van der Waals surface area contributed by atoms with Gasteiger partial charge in [0.05, 0.1) is 15.4 Å². The van der Waals surface area contributed by atoms with Crippen molar-refractivity contribution >= 4 is 35.5 Å². The van der Waals surface area contributed by atoms with E-state index >= 15 is 0 Å². The number of benzene rings is 1. The van der Waals surface area contributed by atoms with Crippen molar-refractivity contribution in [1.29, 1.82) is 0 Å². The van der Waals surface area contributed by atoms with Crippen molar-refractivity contribution in [3.8, 4) is 11.6 Å². The molecule has 0 unspecified atom stereocenters. The van der Waals surface area contributed by atoms with Gasteiger partial charge in [0.2, 0.25) is 5.95 Å². The molecule has 3 aromatic rings.